The average Bonchev–Trinajstić information content (AvgIpc) is 2.47. The summed E-state index contributed by atoms with van der Waals surface area (Å²) in [6, 6.07) is 11.5. The lowest BCUT2D eigenvalue weighted by atomic mass is 10.2. The van der Waals surface area contributed by atoms with Gasteiger partial charge in [0.25, 0.3) is 0 Å². The molecule has 0 bridgehead atoms. The predicted molar refractivity (Wildman–Crippen MR) is 71.8 cm³/mol. The van der Waals surface area contributed by atoms with Crippen molar-refractivity contribution in [2.45, 2.75) is 13.5 Å². The number of hydrogen-bond donors (Lipinski definition) is 1. The number of rotatable bonds is 5. The van der Waals surface area contributed by atoms with Crippen LogP contribution in [0.3, 0.4) is 0 Å². The fourth-order valence-corrected chi connectivity index (χ4v) is 1.53. The van der Waals surface area contributed by atoms with Crippen LogP contribution in [0.1, 0.15) is 18.3 Å². The first kappa shape index (κ1) is 13.0. The van der Waals surface area contributed by atoms with Crippen molar-refractivity contribution in [1.82, 2.24) is 9.97 Å². The summed E-state index contributed by atoms with van der Waals surface area (Å²) in [5.41, 5.74) is 2.02. The number of ether oxygens (including phenoxy) is 1. The van der Waals surface area contributed by atoms with Crippen molar-refractivity contribution < 1.29 is 4.74 Å². The molecule has 0 saturated carbocycles. The molecule has 1 aromatic heterocycles. The zero-order chi connectivity index (χ0) is 13.5. The van der Waals surface area contributed by atoms with Gasteiger partial charge >= 0.3 is 0 Å². The molecule has 5 nitrogen and oxygen atoms in total. The molecule has 5 heteroatoms. The second kappa shape index (κ2) is 6.47. The molecule has 0 spiro atoms. The fourth-order valence-electron chi connectivity index (χ4n) is 1.53. The number of nitriles is 1. The molecule has 19 heavy (non-hydrogen) atoms. The molecule has 1 heterocycles. The van der Waals surface area contributed by atoms with Gasteiger partial charge in [0.15, 0.2) is 0 Å². The molecule has 2 rings (SSSR count). The third-order valence-electron chi connectivity index (χ3n) is 2.45. The lowest BCUT2D eigenvalue weighted by Crippen LogP contribution is -1.97. The van der Waals surface area contributed by atoms with E-state index in [0.717, 1.165) is 11.3 Å². The topological polar surface area (TPSA) is 70.8 Å². The molecule has 0 unspecified atom stereocenters. The summed E-state index contributed by atoms with van der Waals surface area (Å²) in [7, 11) is 0. The Morgan fingerprint density at radius 2 is 2.05 bits per heavy atom. The van der Waals surface area contributed by atoms with E-state index in [1.54, 1.807) is 12.3 Å². The minimum atomic E-state index is 0.151. The van der Waals surface area contributed by atoms with Gasteiger partial charge in [0, 0.05) is 18.5 Å². The molecule has 0 saturated heterocycles. The van der Waals surface area contributed by atoms with Gasteiger partial charge in [-0.25, -0.2) is 9.97 Å². The van der Waals surface area contributed by atoms with Crippen molar-refractivity contribution in [1.29, 1.82) is 5.26 Å². The number of aromatic nitrogens is 2. The van der Waals surface area contributed by atoms with Crippen LogP contribution >= 0.6 is 0 Å². The summed E-state index contributed by atoms with van der Waals surface area (Å²) >= 11 is 0. The average molecular weight is 254 g/mol. The van der Waals surface area contributed by atoms with Crippen molar-refractivity contribution in [2.24, 2.45) is 0 Å². The number of benzene rings is 1. The predicted octanol–water partition coefficient (Wildman–Crippen LogP) is 2.63. The van der Waals surface area contributed by atoms with Gasteiger partial charge < -0.3 is 10.1 Å². The van der Waals surface area contributed by atoms with Crippen LogP contribution in [0.15, 0.2) is 36.5 Å². The monoisotopic (exact) mass is 254 g/mol. The van der Waals surface area contributed by atoms with Gasteiger partial charge in [0.2, 0.25) is 5.82 Å². The summed E-state index contributed by atoms with van der Waals surface area (Å²) in [6.45, 7) is 3.29. The molecule has 0 aliphatic heterocycles. The smallest absolute Gasteiger partial charge is 0.234 e. The molecule has 0 amide bonds. The molecule has 0 fully saturated rings. The molecule has 96 valence electrons. The van der Waals surface area contributed by atoms with E-state index in [-0.39, 0.29) is 5.82 Å². The largest absolute Gasteiger partial charge is 0.377 e. The quantitative estimate of drug-likeness (QED) is 0.888. The lowest BCUT2D eigenvalue weighted by Gasteiger charge is -2.06. The van der Waals surface area contributed by atoms with Crippen LogP contribution in [0.25, 0.3) is 0 Å². The molecule has 0 radical (unpaired) electrons. The van der Waals surface area contributed by atoms with Gasteiger partial charge in [-0.15, -0.1) is 0 Å². The Morgan fingerprint density at radius 1 is 1.26 bits per heavy atom. The standard InChI is InChI=1S/C14H14N4O/c1-2-19-10-11-3-5-12(6-4-11)17-13-7-8-16-14(9-15)18-13/h3-8H,2,10H2,1H3,(H,16,17,18). The first-order valence-electron chi connectivity index (χ1n) is 5.98. The number of nitrogens with one attached hydrogen (secondary N) is 1. The second-order valence-electron chi connectivity index (χ2n) is 3.84. The third kappa shape index (κ3) is 3.76. The molecule has 0 aliphatic carbocycles. The van der Waals surface area contributed by atoms with E-state index >= 15 is 0 Å². The number of nitrogens with zero attached hydrogens (tertiary/aromatic N) is 3. The first-order valence-corrected chi connectivity index (χ1v) is 5.98. The van der Waals surface area contributed by atoms with Gasteiger partial charge in [-0.1, -0.05) is 12.1 Å². The zero-order valence-electron chi connectivity index (χ0n) is 10.6. The Bertz CT molecular complexity index is 575. The third-order valence-corrected chi connectivity index (χ3v) is 2.45. The molecule has 2 aromatic rings. The summed E-state index contributed by atoms with van der Waals surface area (Å²) in [5.74, 6) is 0.752. The Labute approximate surface area is 111 Å². The van der Waals surface area contributed by atoms with Crippen molar-refractivity contribution in [3.05, 3.63) is 47.9 Å². The minimum Gasteiger partial charge on any atom is -0.377 e. The van der Waals surface area contributed by atoms with Crippen molar-refractivity contribution in [3.8, 4) is 6.07 Å². The molecule has 0 atom stereocenters. The highest BCUT2D eigenvalue weighted by Crippen LogP contribution is 2.15. The van der Waals surface area contributed by atoms with Crippen LogP contribution in [0.5, 0.6) is 0 Å². The van der Waals surface area contributed by atoms with E-state index in [2.05, 4.69) is 15.3 Å². The second-order valence-corrected chi connectivity index (χ2v) is 3.84. The van der Waals surface area contributed by atoms with Crippen molar-refractivity contribution in [3.63, 3.8) is 0 Å². The van der Waals surface area contributed by atoms with E-state index in [1.807, 2.05) is 37.3 Å². The van der Waals surface area contributed by atoms with Crippen LogP contribution in [-0.4, -0.2) is 16.6 Å². The van der Waals surface area contributed by atoms with Gasteiger partial charge in [-0.2, -0.15) is 5.26 Å². The van der Waals surface area contributed by atoms with E-state index in [1.165, 1.54) is 0 Å². The van der Waals surface area contributed by atoms with Crippen LogP contribution < -0.4 is 5.32 Å². The highest BCUT2D eigenvalue weighted by Gasteiger charge is 1.99. The van der Waals surface area contributed by atoms with Crippen LogP contribution in [0, 0.1) is 11.3 Å². The van der Waals surface area contributed by atoms with Crippen LogP contribution in [0.4, 0.5) is 11.5 Å². The van der Waals surface area contributed by atoms with Gasteiger partial charge in [-0.05, 0) is 30.7 Å². The van der Waals surface area contributed by atoms with Crippen molar-refractivity contribution >= 4 is 11.5 Å². The van der Waals surface area contributed by atoms with Crippen LogP contribution in [-0.2, 0) is 11.3 Å². The first-order chi connectivity index (χ1) is 9.31. The summed E-state index contributed by atoms with van der Waals surface area (Å²) in [6.07, 6.45) is 1.55. The van der Waals surface area contributed by atoms with E-state index in [0.29, 0.717) is 19.0 Å². The maximum absolute atomic E-state index is 8.73. The summed E-state index contributed by atoms with van der Waals surface area (Å²) < 4.78 is 5.33. The van der Waals surface area contributed by atoms with E-state index in [9.17, 15) is 0 Å². The fraction of sp³-hybridized carbons (Fsp3) is 0.214. The number of hydrogen-bond acceptors (Lipinski definition) is 5. The minimum absolute atomic E-state index is 0.151. The van der Waals surface area contributed by atoms with Gasteiger partial charge in [0.05, 0.1) is 6.61 Å². The van der Waals surface area contributed by atoms with E-state index < -0.39 is 0 Å². The van der Waals surface area contributed by atoms with Gasteiger partial charge in [0.1, 0.15) is 11.9 Å². The van der Waals surface area contributed by atoms with Crippen LogP contribution in [0.2, 0.25) is 0 Å². The highest BCUT2D eigenvalue weighted by molar-refractivity contribution is 5.56. The molecule has 1 aromatic carbocycles. The lowest BCUT2D eigenvalue weighted by molar-refractivity contribution is 0.134. The van der Waals surface area contributed by atoms with E-state index in [4.69, 9.17) is 10.00 Å². The number of anilines is 2. The Kier molecular flexibility index (Phi) is 4.43. The maximum atomic E-state index is 8.73. The SMILES string of the molecule is CCOCc1ccc(Nc2ccnc(C#N)n2)cc1. The Balaban J connectivity index is 2.04. The molecule has 1 N–H and O–H groups in total. The normalized spacial score (nSPS) is 9.89. The maximum Gasteiger partial charge on any atom is 0.234 e. The summed E-state index contributed by atoms with van der Waals surface area (Å²) in [5, 5.41) is 11.8. The van der Waals surface area contributed by atoms with Gasteiger partial charge in [-0.3, -0.25) is 0 Å². The molecular weight excluding hydrogens is 240 g/mol. The van der Waals surface area contributed by atoms with Crippen molar-refractivity contribution in [2.75, 3.05) is 11.9 Å². The molecular formula is C14H14N4O. The summed E-state index contributed by atoms with van der Waals surface area (Å²) in [4.78, 5) is 7.87. The zero-order valence-corrected chi connectivity index (χ0v) is 10.6. The molecule has 0 aliphatic rings. The Hall–Kier alpha value is -2.45. The highest BCUT2D eigenvalue weighted by atomic mass is 16.5. The Morgan fingerprint density at radius 3 is 2.74 bits per heavy atom.